The van der Waals surface area contributed by atoms with Crippen LogP contribution in [0.1, 0.15) is 36.9 Å². The summed E-state index contributed by atoms with van der Waals surface area (Å²) in [4.78, 5) is 17.5. The minimum absolute atomic E-state index is 0.156. The van der Waals surface area contributed by atoms with Crippen LogP contribution in [0.2, 0.25) is 0 Å². The molecule has 1 aromatic carbocycles. The first-order chi connectivity index (χ1) is 11.8. The summed E-state index contributed by atoms with van der Waals surface area (Å²) >= 11 is 0. The van der Waals surface area contributed by atoms with E-state index in [4.69, 9.17) is 0 Å². The highest BCUT2D eigenvalue weighted by Crippen LogP contribution is 2.33. The van der Waals surface area contributed by atoms with Crippen molar-refractivity contribution < 1.29 is 4.79 Å². The van der Waals surface area contributed by atoms with Gasteiger partial charge in [0.25, 0.3) is 0 Å². The normalized spacial score (nSPS) is 20.6. The van der Waals surface area contributed by atoms with Crippen LogP contribution >= 0.6 is 0 Å². The van der Waals surface area contributed by atoms with E-state index in [1.165, 1.54) is 6.42 Å². The predicted octanol–water partition coefficient (Wildman–Crippen LogP) is 2.49. The molecule has 126 valence electrons. The molecular formula is C19H24N4O. The zero-order valence-corrected chi connectivity index (χ0v) is 13.9. The third-order valence-corrected chi connectivity index (χ3v) is 5.17. The van der Waals surface area contributed by atoms with Crippen LogP contribution in [-0.4, -0.2) is 51.7 Å². The van der Waals surface area contributed by atoms with Gasteiger partial charge in [0.1, 0.15) is 6.04 Å². The molecule has 0 aliphatic carbocycles. The van der Waals surface area contributed by atoms with Gasteiger partial charge in [-0.2, -0.15) is 5.10 Å². The number of piperidine rings is 1. The molecule has 2 aliphatic heterocycles. The van der Waals surface area contributed by atoms with Crippen molar-refractivity contribution in [2.24, 2.45) is 0 Å². The quantitative estimate of drug-likeness (QED) is 0.868. The SMILES string of the molecule is O=C([C@H](c1ccccc1)N1CC(n2cccn2)C1)N1CCCCC1. The number of rotatable bonds is 4. The third kappa shape index (κ3) is 2.96. The minimum atomic E-state index is -0.156. The fraction of sp³-hybridized carbons (Fsp3) is 0.474. The summed E-state index contributed by atoms with van der Waals surface area (Å²) in [5.41, 5.74) is 1.10. The van der Waals surface area contributed by atoms with Gasteiger partial charge in [0, 0.05) is 38.6 Å². The molecular weight excluding hydrogens is 300 g/mol. The van der Waals surface area contributed by atoms with Crippen LogP contribution in [-0.2, 0) is 4.79 Å². The molecule has 2 aliphatic rings. The van der Waals surface area contributed by atoms with Gasteiger partial charge in [-0.15, -0.1) is 0 Å². The molecule has 0 bridgehead atoms. The largest absolute Gasteiger partial charge is 0.341 e. The number of hydrogen-bond donors (Lipinski definition) is 0. The van der Waals surface area contributed by atoms with E-state index in [-0.39, 0.29) is 11.9 Å². The Kier molecular flexibility index (Phi) is 4.34. The van der Waals surface area contributed by atoms with E-state index < -0.39 is 0 Å². The van der Waals surface area contributed by atoms with Crippen molar-refractivity contribution in [2.45, 2.75) is 31.3 Å². The zero-order valence-electron chi connectivity index (χ0n) is 13.9. The van der Waals surface area contributed by atoms with Crippen molar-refractivity contribution >= 4 is 5.91 Å². The molecule has 2 saturated heterocycles. The van der Waals surface area contributed by atoms with Crippen LogP contribution in [0.5, 0.6) is 0 Å². The van der Waals surface area contributed by atoms with Crippen molar-refractivity contribution in [3.8, 4) is 0 Å². The standard InChI is InChI=1S/C19H24N4O/c24-19(21-11-5-2-6-12-21)18(16-8-3-1-4-9-16)22-14-17(15-22)23-13-7-10-20-23/h1,3-4,7-10,13,17-18H,2,5-6,11-12,14-15H2/t18-/m0/s1. The van der Waals surface area contributed by atoms with Gasteiger partial charge in [-0.1, -0.05) is 30.3 Å². The molecule has 0 spiro atoms. The Morgan fingerprint density at radius 2 is 1.79 bits per heavy atom. The van der Waals surface area contributed by atoms with Gasteiger partial charge in [0.05, 0.1) is 6.04 Å². The summed E-state index contributed by atoms with van der Waals surface area (Å²) in [6.07, 6.45) is 7.32. The lowest BCUT2D eigenvalue weighted by Gasteiger charge is -2.45. The molecule has 2 aromatic rings. The number of benzene rings is 1. The van der Waals surface area contributed by atoms with E-state index >= 15 is 0 Å². The lowest BCUT2D eigenvalue weighted by atomic mass is 9.97. The molecule has 0 unspecified atom stereocenters. The van der Waals surface area contributed by atoms with Gasteiger partial charge in [0.2, 0.25) is 5.91 Å². The van der Waals surface area contributed by atoms with Crippen molar-refractivity contribution in [3.05, 3.63) is 54.4 Å². The maximum absolute atomic E-state index is 13.2. The lowest BCUT2D eigenvalue weighted by molar-refractivity contribution is -0.141. The molecule has 0 N–H and O–H groups in total. The first-order valence-electron chi connectivity index (χ1n) is 8.90. The number of nitrogens with zero attached hydrogens (tertiary/aromatic N) is 4. The second-order valence-corrected chi connectivity index (χ2v) is 6.79. The summed E-state index contributed by atoms with van der Waals surface area (Å²) in [5, 5.41) is 4.33. The maximum atomic E-state index is 13.2. The monoisotopic (exact) mass is 324 g/mol. The summed E-state index contributed by atoms with van der Waals surface area (Å²) in [6.45, 7) is 3.55. The van der Waals surface area contributed by atoms with E-state index in [0.29, 0.717) is 6.04 Å². The van der Waals surface area contributed by atoms with Crippen LogP contribution in [0.15, 0.2) is 48.8 Å². The molecule has 1 aromatic heterocycles. The fourth-order valence-electron chi connectivity index (χ4n) is 3.79. The molecule has 5 heteroatoms. The number of carbonyl (C=O) groups excluding carboxylic acids is 1. The Hall–Kier alpha value is -2.14. The van der Waals surface area contributed by atoms with Gasteiger partial charge in [-0.05, 0) is 30.9 Å². The van der Waals surface area contributed by atoms with E-state index in [1.54, 1.807) is 0 Å². The molecule has 24 heavy (non-hydrogen) atoms. The topological polar surface area (TPSA) is 41.4 Å². The van der Waals surface area contributed by atoms with Gasteiger partial charge in [0.15, 0.2) is 0 Å². The second-order valence-electron chi connectivity index (χ2n) is 6.79. The average Bonchev–Trinajstić information content (AvgIpc) is 3.12. The molecule has 5 nitrogen and oxygen atoms in total. The van der Waals surface area contributed by atoms with Gasteiger partial charge < -0.3 is 4.90 Å². The van der Waals surface area contributed by atoms with Crippen LogP contribution in [0.25, 0.3) is 0 Å². The number of aromatic nitrogens is 2. The Balaban J connectivity index is 1.52. The first-order valence-corrected chi connectivity index (χ1v) is 8.90. The summed E-state index contributed by atoms with van der Waals surface area (Å²) in [5.74, 6) is 0.264. The third-order valence-electron chi connectivity index (χ3n) is 5.17. The van der Waals surface area contributed by atoms with E-state index in [1.807, 2.05) is 41.3 Å². The molecule has 2 fully saturated rings. The van der Waals surface area contributed by atoms with Crippen LogP contribution in [0.3, 0.4) is 0 Å². The van der Waals surface area contributed by atoms with Crippen molar-refractivity contribution in [3.63, 3.8) is 0 Å². The Labute approximate surface area is 142 Å². The highest BCUT2D eigenvalue weighted by Gasteiger charge is 2.39. The maximum Gasteiger partial charge on any atom is 0.244 e. The van der Waals surface area contributed by atoms with Gasteiger partial charge in [-0.25, -0.2) is 0 Å². The lowest BCUT2D eigenvalue weighted by Crippen LogP contribution is -2.54. The van der Waals surface area contributed by atoms with Crippen LogP contribution in [0.4, 0.5) is 0 Å². The number of likely N-dealkylation sites (tertiary alicyclic amines) is 2. The van der Waals surface area contributed by atoms with Gasteiger partial charge in [-0.3, -0.25) is 14.4 Å². The predicted molar refractivity (Wildman–Crippen MR) is 92.5 cm³/mol. The average molecular weight is 324 g/mol. The van der Waals surface area contributed by atoms with Gasteiger partial charge >= 0.3 is 0 Å². The molecule has 1 atom stereocenters. The summed E-state index contributed by atoms with van der Waals surface area (Å²) in [6, 6.07) is 12.4. The molecule has 1 amide bonds. The molecule has 0 saturated carbocycles. The highest BCUT2D eigenvalue weighted by atomic mass is 16.2. The molecule has 4 rings (SSSR count). The Morgan fingerprint density at radius 1 is 1.04 bits per heavy atom. The van der Waals surface area contributed by atoms with E-state index in [0.717, 1.165) is 44.6 Å². The Morgan fingerprint density at radius 3 is 2.46 bits per heavy atom. The van der Waals surface area contributed by atoms with Crippen molar-refractivity contribution in [1.29, 1.82) is 0 Å². The second kappa shape index (κ2) is 6.77. The van der Waals surface area contributed by atoms with Crippen LogP contribution < -0.4 is 0 Å². The first kappa shape index (κ1) is 15.4. The number of hydrogen-bond acceptors (Lipinski definition) is 3. The smallest absolute Gasteiger partial charge is 0.244 e. The minimum Gasteiger partial charge on any atom is -0.341 e. The molecule has 3 heterocycles. The summed E-state index contributed by atoms with van der Waals surface area (Å²) in [7, 11) is 0. The van der Waals surface area contributed by atoms with Crippen LogP contribution in [0, 0.1) is 0 Å². The highest BCUT2D eigenvalue weighted by molar-refractivity contribution is 5.83. The van der Waals surface area contributed by atoms with Crippen molar-refractivity contribution in [2.75, 3.05) is 26.2 Å². The molecule has 0 radical (unpaired) electrons. The number of carbonyl (C=O) groups is 1. The van der Waals surface area contributed by atoms with E-state index in [2.05, 4.69) is 27.0 Å². The zero-order chi connectivity index (χ0) is 16.4. The number of amides is 1. The van der Waals surface area contributed by atoms with Crippen molar-refractivity contribution in [1.82, 2.24) is 19.6 Å². The summed E-state index contributed by atoms with van der Waals surface area (Å²) < 4.78 is 2.00. The fourth-order valence-corrected chi connectivity index (χ4v) is 3.79. The van der Waals surface area contributed by atoms with E-state index in [9.17, 15) is 4.79 Å². The Bertz CT molecular complexity index is 658.